The number of halogens is 1. The number of benzene rings is 5. The Bertz CT molecular complexity index is 1720. The molecule has 1 aliphatic heterocycles. The lowest BCUT2D eigenvalue weighted by atomic mass is 9.91. The number of rotatable bonds is 16. The van der Waals surface area contributed by atoms with Gasteiger partial charge in [0.1, 0.15) is 24.6 Å². The van der Waals surface area contributed by atoms with Gasteiger partial charge in [0, 0.05) is 6.42 Å². The molecule has 1 aliphatic rings. The standard InChI is InChI=1S/C43H43ClO5/c1-2-23-46-39-26-36(25-37(42(39)44)24-32-15-7-3-8-16-32)38-27-40(47-29-34-19-11-5-12-20-34)43(48-30-35-21-13-6-14-22-35)41(49-38)31-45-28-33-17-9-4-10-18-33/h2-22,25-26,38,40-41,43H,1,23-24,27-31H2/t38?,40?,41?,43-/m0/s1. The van der Waals surface area contributed by atoms with E-state index in [-0.39, 0.29) is 18.3 Å². The van der Waals surface area contributed by atoms with Crippen LogP contribution in [0.15, 0.2) is 146 Å². The molecule has 5 aromatic carbocycles. The maximum Gasteiger partial charge on any atom is 0.139 e. The summed E-state index contributed by atoms with van der Waals surface area (Å²) in [6.07, 6.45) is 1.58. The van der Waals surface area contributed by atoms with Crippen molar-refractivity contribution in [3.8, 4) is 5.75 Å². The zero-order valence-electron chi connectivity index (χ0n) is 27.7. The van der Waals surface area contributed by atoms with Gasteiger partial charge in [-0.3, -0.25) is 0 Å². The lowest BCUT2D eigenvalue weighted by molar-refractivity contribution is -0.222. The highest BCUT2D eigenvalue weighted by atomic mass is 35.5. The van der Waals surface area contributed by atoms with E-state index in [1.165, 1.54) is 0 Å². The SMILES string of the molecule is C=CCOc1cc(C2CC(OCc3ccccc3)[C@H](OCc3ccccc3)C(COCc3ccccc3)O2)cc(Cc2ccccc2)c1Cl. The molecule has 1 heterocycles. The highest BCUT2D eigenvalue weighted by molar-refractivity contribution is 6.32. The summed E-state index contributed by atoms with van der Waals surface area (Å²) in [5.74, 6) is 0.606. The van der Waals surface area contributed by atoms with E-state index in [4.69, 9.17) is 35.3 Å². The summed E-state index contributed by atoms with van der Waals surface area (Å²) >= 11 is 6.96. The molecule has 6 rings (SSSR count). The summed E-state index contributed by atoms with van der Waals surface area (Å²) in [6, 6.07) is 45.0. The van der Waals surface area contributed by atoms with Gasteiger partial charge in [-0.15, -0.1) is 0 Å². The van der Waals surface area contributed by atoms with Gasteiger partial charge in [0.25, 0.3) is 0 Å². The third-order valence-corrected chi connectivity index (χ3v) is 9.04. The lowest BCUT2D eigenvalue weighted by Crippen LogP contribution is -2.50. The molecule has 0 N–H and O–H groups in total. The van der Waals surface area contributed by atoms with E-state index in [0.717, 1.165) is 33.4 Å². The molecule has 0 aliphatic carbocycles. The second-order valence-corrected chi connectivity index (χ2v) is 12.6. The predicted molar refractivity (Wildman–Crippen MR) is 195 cm³/mol. The van der Waals surface area contributed by atoms with Crippen LogP contribution in [0.4, 0.5) is 0 Å². The van der Waals surface area contributed by atoms with Crippen molar-refractivity contribution in [2.24, 2.45) is 0 Å². The van der Waals surface area contributed by atoms with Crippen LogP contribution in [0.1, 0.15) is 45.9 Å². The van der Waals surface area contributed by atoms with Crippen LogP contribution < -0.4 is 4.74 Å². The van der Waals surface area contributed by atoms with Gasteiger partial charge in [-0.2, -0.15) is 0 Å². The van der Waals surface area contributed by atoms with E-state index in [0.29, 0.717) is 56.6 Å². The topological polar surface area (TPSA) is 46.2 Å². The van der Waals surface area contributed by atoms with Gasteiger partial charge in [-0.25, -0.2) is 0 Å². The van der Waals surface area contributed by atoms with Gasteiger partial charge in [0.15, 0.2) is 0 Å². The number of ether oxygens (including phenoxy) is 5. The molecule has 6 heteroatoms. The van der Waals surface area contributed by atoms with Gasteiger partial charge < -0.3 is 23.7 Å². The first-order chi connectivity index (χ1) is 24.2. The Morgan fingerprint density at radius 1 is 0.694 bits per heavy atom. The molecule has 5 aromatic rings. The predicted octanol–water partition coefficient (Wildman–Crippen LogP) is 9.71. The van der Waals surface area contributed by atoms with Crippen molar-refractivity contribution in [3.05, 3.63) is 185 Å². The van der Waals surface area contributed by atoms with Crippen LogP contribution >= 0.6 is 11.6 Å². The highest BCUT2D eigenvalue weighted by Gasteiger charge is 2.41. The Balaban J connectivity index is 1.32. The second kappa shape index (κ2) is 18.0. The lowest BCUT2D eigenvalue weighted by Gasteiger charge is -2.42. The van der Waals surface area contributed by atoms with Crippen LogP contribution in [-0.2, 0) is 45.2 Å². The minimum Gasteiger partial charge on any atom is -0.488 e. The molecule has 3 unspecified atom stereocenters. The molecule has 49 heavy (non-hydrogen) atoms. The van der Waals surface area contributed by atoms with E-state index in [9.17, 15) is 0 Å². The van der Waals surface area contributed by atoms with Crippen molar-refractivity contribution >= 4 is 11.6 Å². The Morgan fingerprint density at radius 2 is 1.24 bits per heavy atom. The average Bonchev–Trinajstić information content (AvgIpc) is 3.15. The summed E-state index contributed by atoms with van der Waals surface area (Å²) in [4.78, 5) is 0. The first kappa shape index (κ1) is 34.6. The highest BCUT2D eigenvalue weighted by Crippen LogP contribution is 2.40. The van der Waals surface area contributed by atoms with E-state index in [1.54, 1.807) is 6.08 Å². The van der Waals surface area contributed by atoms with Crippen molar-refractivity contribution in [1.82, 2.24) is 0 Å². The summed E-state index contributed by atoms with van der Waals surface area (Å²) < 4.78 is 32.8. The molecule has 1 saturated heterocycles. The molecule has 5 nitrogen and oxygen atoms in total. The van der Waals surface area contributed by atoms with Crippen molar-refractivity contribution in [3.63, 3.8) is 0 Å². The third-order valence-electron chi connectivity index (χ3n) is 8.61. The summed E-state index contributed by atoms with van der Waals surface area (Å²) in [7, 11) is 0. The van der Waals surface area contributed by atoms with Crippen LogP contribution in [0.2, 0.25) is 5.02 Å². The molecule has 0 radical (unpaired) electrons. The molecule has 4 atom stereocenters. The van der Waals surface area contributed by atoms with Gasteiger partial charge in [0.05, 0.1) is 43.7 Å². The maximum absolute atomic E-state index is 6.96. The van der Waals surface area contributed by atoms with Crippen molar-refractivity contribution in [2.75, 3.05) is 13.2 Å². The monoisotopic (exact) mass is 674 g/mol. The normalized spacial score (nSPS) is 19.0. The second-order valence-electron chi connectivity index (χ2n) is 12.3. The molecular weight excluding hydrogens is 632 g/mol. The van der Waals surface area contributed by atoms with Crippen LogP contribution in [-0.4, -0.2) is 31.5 Å². The average molecular weight is 675 g/mol. The minimum absolute atomic E-state index is 0.279. The number of hydrogen-bond acceptors (Lipinski definition) is 5. The molecule has 0 amide bonds. The zero-order chi connectivity index (χ0) is 33.7. The Hall–Kier alpha value is -4.23. The molecule has 0 bridgehead atoms. The van der Waals surface area contributed by atoms with Gasteiger partial charge >= 0.3 is 0 Å². The van der Waals surface area contributed by atoms with Crippen LogP contribution in [0, 0.1) is 0 Å². The Labute approximate surface area is 295 Å². The fraction of sp³-hybridized carbons (Fsp3) is 0.256. The third kappa shape index (κ3) is 9.91. The summed E-state index contributed by atoms with van der Waals surface area (Å²) in [5, 5.41) is 0.592. The van der Waals surface area contributed by atoms with Gasteiger partial charge in [0.2, 0.25) is 0 Å². The van der Waals surface area contributed by atoms with Crippen molar-refractivity contribution < 1.29 is 23.7 Å². The van der Waals surface area contributed by atoms with Crippen molar-refractivity contribution in [2.45, 2.75) is 57.1 Å². The molecular formula is C43H43ClO5. The van der Waals surface area contributed by atoms with Crippen LogP contribution in [0.25, 0.3) is 0 Å². The molecule has 0 saturated carbocycles. The molecule has 1 fully saturated rings. The Morgan fingerprint density at radius 3 is 1.84 bits per heavy atom. The molecule has 0 aromatic heterocycles. The first-order valence-electron chi connectivity index (χ1n) is 16.8. The van der Waals surface area contributed by atoms with Gasteiger partial charge in [-0.1, -0.05) is 152 Å². The fourth-order valence-electron chi connectivity index (χ4n) is 6.13. The Kier molecular flexibility index (Phi) is 12.7. The van der Waals surface area contributed by atoms with E-state index in [2.05, 4.69) is 61.2 Å². The maximum atomic E-state index is 6.96. The van der Waals surface area contributed by atoms with E-state index < -0.39 is 6.10 Å². The fourth-order valence-corrected chi connectivity index (χ4v) is 6.36. The zero-order valence-corrected chi connectivity index (χ0v) is 28.4. The quantitative estimate of drug-likeness (QED) is 0.0976. The molecule has 0 spiro atoms. The van der Waals surface area contributed by atoms with E-state index >= 15 is 0 Å². The number of hydrogen-bond donors (Lipinski definition) is 0. The van der Waals surface area contributed by atoms with Crippen LogP contribution in [0.3, 0.4) is 0 Å². The van der Waals surface area contributed by atoms with Gasteiger partial charge in [-0.05, 0) is 45.9 Å². The smallest absolute Gasteiger partial charge is 0.139 e. The van der Waals surface area contributed by atoms with Crippen molar-refractivity contribution in [1.29, 1.82) is 0 Å². The largest absolute Gasteiger partial charge is 0.488 e. The minimum atomic E-state index is -0.405. The first-order valence-corrected chi connectivity index (χ1v) is 17.2. The summed E-state index contributed by atoms with van der Waals surface area (Å²) in [5.41, 5.74) is 6.38. The van der Waals surface area contributed by atoms with E-state index in [1.807, 2.05) is 78.9 Å². The molecule has 252 valence electrons. The summed E-state index contributed by atoms with van der Waals surface area (Å²) in [6.45, 7) is 5.86. The van der Waals surface area contributed by atoms with Crippen LogP contribution in [0.5, 0.6) is 5.75 Å².